The molecule has 5 nitrogen and oxygen atoms in total. The Hall–Kier alpha value is -1.54. The van der Waals surface area contributed by atoms with Crippen LogP contribution in [0.5, 0.6) is 0 Å². The molecule has 1 aromatic carbocycles. The van der Waals surface area contributed by atoms with E-state index in [0.717, 1.165) is 10.3 Å². The summed E-state index contributed by atoms with van der Waals surface area (Å²) in [6, 6.07) is 8.87. The van der Waals surface area contributed by atoms with Crippen molar-refractivity contribution in [2.24, 2.45) is 0 Å². The zero-order chi connectivity index (χ0) is 17.6. The molecule has 8 heteroatoms. The molecule has 128 valence electrons. The first-order valence-electron chi connectivity index (χ1n) is 7.56. The third kappa shape index (κ3) is 2.95. The van der Waals surface area contributed by atoms with E-state index in [0.29, 0.717) is 37.7 Å². The van der Waals surface area contributed by atoms with Crippen molar-refractivity contribution >= 4 is 63.7 Å². The number of nitrogens with zero attached hydrogens (tertiary/aromatic N) is 2. The van der Waals surface area contributed by atoms with Gasteiger partial charge in [-0.3, -0.25) is 9.59 Å². The van der Waals surface area contributed by atoms with Crippen LogP contribution in [0.2, 0.25) is 5.02 Å². The molecule has 1 aromatic heterocycles. The van der Waals surface area contributed by atoms with Crippen LogP contribution >= 0.6 is 35.1 Å². The summed E-state index contributed by atoms with van der Waals surface area (Å²) >= 11 is 8.77. The minimum atomic E-state index is -0.317. The Kier molecular flexibility index (Phi) is 4.49. The van der Waals surface area contributed by atoms with E-state index in [2.05, 4.69) is 4.98 Å². The molecule has 2 aromatic rings. The fourth-order valence-corrected chi connectivity index (χ4v) is 5.44. The van der Waals surface area contributed by atoms with Gasteiger partial charge in [0.2, 0.25) is 0 Å². The van der Waals surface area contributed by atoms with Gasteiger partial charge < -0.3 is 4.74 Å². The van der Waals surface area contributed by atoms with Gasteiger partial charge in [-0.05, 0) is 24.3 Å². The standard InChI is InChI=1S/C17H13ClN2O3S2/c1-23-11-7-24-14-15(25-8-11)17(22)20(16(14)21)13-5-3-9-2-4-10(18)6-12(9)19-13/h2-6,11H,7-8H2,1H3. The number of carbonyl (C=O) groups excluding carboxylic acids is 2. The quantitative estimate of drug-likeness (QED) is 0.729. The second kappa shape index (κ2) is 6.64. The lowest BCUT2D eigenvalue weighted by atomic mass is 10.2. The van der Waals surface area contributed by atoms with E-state index in [-0.39, 0.29) is 17.9 Å². The number of methoxy groups -OCH3 is 1. The summed E-state index contributed by atoms with van der Waals surface area (Å²) < 4.78 is 5.35. The van der Waals surface area contributed by atoms with Gasteiger partial charge in [0.25, 0.3) is 11.8 Å². The van der Waals surface area contributed by atoms with Gasteiger partial charge in [-0.1, -0.05) is 17.7 Å². The number of ether oxygens (including phenoxy) is 1. The maximum Gasteiger partial charge on any atom is 0.274 e. The maximum absolute atomic E-state index is 12.8. The lowest BCUT2D eigenvalue weighted by Crippen LogP contribution is -2.32. The van der Waals surface area contributed by atoms with Crippen molar-refractivity contribution in [3.05, 3.63) is 45.2 Å². The molecule has 25 heavy (non-hydrogen) atoms. The Morgan fingerprint density at radius 1 is 1.12 bits per heavy atom. The number of hydrogen-bond acceptors (Lipinski definition) is 6. The van der Waals surface area contributed by atoms with Gasteiger partial charge >= 0.3 is 0 Å². The molecule has 3 heterocycles. The third-order valence-electron chi connectivity index (χ3n) is 4.03. The molecule has 0 fully saturated rings. The number of aromatic nitrogens is 1. The van der Waals surface area contributed by atoms with E-state index in [1.54, 1.807) is 25.3 Å². The first-order chi connectivity index (χ1) is 12.1. The number of halogens is 1. The summed E-state index contributed by atoms with van der Waals surface area (Å²) in [4.78, 5) is 32.2. The highest BCUT2D eigenvalue weighted by Crippen LogP contribution is 2.41. The average molecular weight is 393 g/mol. The van der Waals surface area contributed by atoms with Gasteiger partial charge in [0.1, 0.15) is 5.82 Å². The summed E-state index contributed by atoms with van der Waals surface area (Å²) in [5.41, 5.74) is 0.646. The van der Waals surface area contributed by atoms with Crippen LogP contribution in [0.1, 0.15) is 0 Å². The van der Waals surface area contributed by atoms with Gasteiger partial charge in [0, 0.05) is 29.0 Å². The van der Waals surface area contributed by atoms with E-state index in [4.69, 9.17) is 16.3 Å². The Bertz CT molecular complexity index is 901. The zero-order valence-electron chi connectivity index (χ0n) is 13.2. The Balaban J connectivity index is 1.69. The Morgan fingerprint density at radius 2 is 1.76 bits per heavy atom. The van der Waals surface area contributed by atoms with E-state index in [1.165, 1.54) is 23.5 Å². The molecule has 0 bridgehead atoms. The van der Waals surface area contributed by atoms with Crippen LogP contribution in [0.4, 0.5) is 5.82 Å². The number of rotatable bonds is 2. The molecule has 0 N–H and O–H groups in total. The van der Waals surface area contributed by atoms with Crippen molar-refractivity contribution in [3.8, 4) is 0 Å². The smallest absolute Gasteiger partial charge is 0.274 e. The van der Waals surface area contributed by atoms with Crippen molar-refractivity contribution in [2.75, 3.05) is 23.5 Å². The van der Waals surface area contributed by atoms with Crippen molar-refractivity contribution in [2.45, 2.75) is 6.10 Å². The molecule has 4 rings (SSSR count). The molecule has 0 spiro atoms. The highest BCUT2D eigenvalue weighted by molar-refractivity contribution is 8.08. The van der Waals surface area contributed by atoms with Crippen molar-refractivity contribution < 1.29 is 14.3 Å². The van der Waals surface area contributed by atoms with Crippen LogP contribution in [0, 0.1) is 0 Å². The molecule has 0 aliphatic carbocycles. The van der Waals surface area contributed by atoms with Gasteiger partial charge in [-0.15, -0.1) is 23.5 Å². The summed E-state index contributed by atoms with van der Waals surface area (Å²) in [6.45, 7) is 0. The molecule has 0 atom stereocenters. The van der Waals surface area contributed by atoms with Gasteiger partial charge in [-0.25, -0.2) is 9.88 Å². The molecular weight excluding hydrogens is 380 g/mol. The summed E-state index contributed by atoms with van der Waals surface area (Å²) in [5.74, 6) is 0.986. The zero-order valence-corrected chi connectivity index (χ0v) is 15.6. The fourth-order valence-electron chi connectivity index (χ4n) is 2.69. The summed E-state index contributed by atoms with van der Waals surface area (Å²) in [5, 5.41) is 1.45. The molecular formula is C17H13ClN2O3S2. The second-order valence-corrected chi connectivity index (χ2v) is 8.09. The van der Waals surface area contributed by atoms with Gasteiger partial charge in [-0.2, -0.15) is 0 Å². The van der Waals surface area contributed by atoms with E-state index in [9.17, 15) is 9.59 Å². The largest absolute Gasteiger partial charge is 0.380 e. The number of benzene rings is 1. The van der Waals surface area contributed by atoms with E-state index < -0.39 is 0 Å². The number of thioether (sulfide) groups is 2. The number of amides is 2. The van der Waals surface area contributed by atoms with Crippen LogP contribution in [-0.4, -0.2) is 41.5 Å². The number of imide groups is 1. The maximum atomic E-state index is 12.8. The van der Waals surface area contributed by atoms with Crippen LogP contribution in [0.25, 0.3) is 10.9 Å². The summed E-state index contributed by atoms with van der Waals surface area (Å²) in [7, 11) is 1.64. The van der Waals surface area contributed by atoms with Crippen molar-refractivity contribution in [3.63, 3.8) is 0 Å². The SMILES string of the molecule is COC1CSC2=C(SC1)C(=O)N(c1ccc3ccc(Cl)cc3n1)C2=O. The summed E-state index contributed by atoms with van der Waals surface area (Å²) in [6.07, 6.45) is 0.0237. The van der Waals surface area contributed by atoms with Crippen LogP contribution in [-0.2, 0) is 14.3 Å². The first kappa shape index (κ1) is 16.9. The molecule has 2 amide bonds. The van der Waals surface area contributed by atoms with Gasteiger partial charge in [0.15, 0.2) is 0 Å². The molecule has 2 aliphatic rings. The molecule has 0 saturated heterocycles. The van der Waals surface area contributed by atoms with Crippen molar-refractivity contribution in [1.29, 1.82) is 0 Å². The Labute approximate surface area is 157 Å². The number of hydrogen-bond donors (Lipinski definition) is 0. The van der Waals surface area contributed by atoms with Gasteiger partial charge in [0.05, 0.1) is 21.4 Å². The fraction of sp³-hybridized carbons (Fsp3) is 0.235. The van der Waals surface area contributed by atoms with E-state index >= 15 is 0 Å². The molecule has 0 radical (unpaired) electrons. The van der Waals surface area contributed by atoms with E-state index in [1.807, 2.05) is 12.1 Å². The average Bonchev–Trinajstić information content (AvgIpc) is 2.77. The highest BCUT2D eigenvalue weighted by atomic mass is 35.5. The minimum Gasteiger partial charge on any atom is -0.380 e. The van der Waals surface area contributed by atoms with Crippen LogP contribution in [0.15, 0.2) is 40.1 Å². The lowest BCUT2D eigenvalue weighted by molar-refractivity contribution is -0.120. The monoisotopic (exact) mass is 392 g/mol. The molecule has 0 saturated carbocycles. The lowest BCUT2D eigenvalue weighted by Gasteiger charge is -2.17. The topological polar surface area (TPSA) is 59.5 Å². The van der Waals surface area contributed by atoms with Crippen molar-refractivity contribution in [1.82, 2.24) is 4.98 Å². The number of carbonyl (C=O) groups is 2. The number of anilines is 1. The predicted octanol–water partition coefficient (Wildman–Crippen LogP) is 3.47. The molecule has 2 aliphatic heterocycles. The first-order valence-corrected chi connectivity index (χ1v) is 9.91. The third-order valence-corrected chi connectivity index (χ3v) is 6.81. The Morgan fingerprint density at radius 3 is 2.40 bits per heavy atom. The normalized spacial score (nSPS) is 18.9. The number of pyridine rings is 1. The van der Waals surface area contributed by atoms with Crippen LogP contribution in [0.3, 0.4) is 0 Å². The molecule has 0 unspecified atom stereocenters. The highest BCUT2D eigenvalue weighted by Gasteiger charge is 2.42. The number of fused-ring (bicyclic) bond motifs is 1. The van der Waals surface area contributed by atoms with Crippen LogP contribution < -0.4 is 4.90 Å². The second-order valence-electron chi connectivity index (χ2n) is 5.59. The minimum absolute atomic E-state index is 0.0237. The predicted molar refractivity (Wildman–Crippen MR) is 102 cm³/mol.